The average Bonchev–Trinajstić information content (AvgIpc) is 3.40. The van der Waals surface area contributed by atoms with E-state index < -0.39 is 0 Å². The largest absolute Gasteiger partial charge is 0.496 e. The first-order valence-electron chi connectivity index (χ1n) is 9.08. The minimum atomic E-state index is -0.359. The summed E-state index contributed by atoms with van der Waals surface area (Å²) in [5, 5.41) is 8.11. The molecule has 1 N–H and O–H groups in total. The first kappa shape index (κ1) is 19.2. The van der Waals surface area contributed by atoms with E-state index in [4.69, 9.17) is 16.3 Å². The molecule has 0 saturated carbocycles. The van der Waals surface area contributed by atoms with E-state index in [0.29, 0.717) is 29.7 Å². The second-order valence-electron chi connectivity index (χ2n) is 6.64. The van der Waals surface area contributed by atoms with Crippen molar-refractivity contribution in [1.29, 1.82) is 0 Å². The second-order valence-corrected chi connectivity index (χ2v) is 7.08. The topological polar surface area (TPSA) is 76.5 Å². The summed E-state index contributed by atoms with van der Waals surface area (Å²) in [6, 6.07) is 16.2. The molecule has 0 radical (unpaired) electrons. The van der Waals surface area contributed by atoms with E-state index in [2.05, 4.69) is 10.4 Å². The van der Waals surface area contributed by atoms with Gasteiger partial charge in [-0.15, -0.1) is 0 Å². The molecule has 29 heavy (non-hydrogen) atoms. The van der Waals surface area contributed by atoms with Gasteiger partial charge in [0, 0.05) is 17.1 Å². The Balaban J connectivity index is 1.81. The van der Waals surface area contributed by atoms with E-state index in [-0.39, 0.29) is 17.6 Å². The smallest absolute Gasteiger partial charge is 0.275 e. The van der Waals surface area contributed by atoms with E-state index in [9.17, 15) is 9.59 Å². The Morgan fingerprint density at radius 2 is 2.07 bits per heavy atom. The minimum Gasteiger partial charge on any atom is -0.496 e. The summed E-state index contributed by atoms with van der Waals surface area (Å²) >= 11 is 6.17. The van der Waals surface area contributed by atoms with Gasteiger partial charge in [0.2, 0.25) is 0 Å². The molecule has 148 valence electrons. The molecule has 1 fully saturated rings. The molecule has 1 unspecified atom stereocenters. The Labute approximate surface area is 172 Å². The van der Waals surface area contributed by atoms with Crippen LogP contribution in [0.1, 0.15) is 10.5 Å². The monoisotopic (exact) mass is 410 g/mol. The summed E-state index contributed by atoms with van der Waals surface area (Å²) in [5.74, 6) is 0.414. The van der Waals surface area contributed by atoms with Crippen molar-refractivity contribution in [3.8, 4) is 22.7 Å². The number of benzene rings is 2. The van der Waals surface area contributed by atoms with Crippen molar-refractivity contribution >= 4 is 23.8 Å². The summed E-state index contributed by atoms with van der Waals surface area (Å²) in [7, 11) is 1.60. The van der Waals surface area contributed by atoms with Crippen molar-refractivity contribution in [3.05, 3.63) is 65.3 Å². The lowest BCUT2D eigenvalue weighted by atomic mass is 10.1. The summed E-state index contributed by atoms with van der Waals surface area (Å²) in [6.07, 6.45) is 0.804. The van der Waals surface area contributed by atoms with Crippen LogP contribution in [0.4, 0.5) is 0 Å². The predicted octanol–water partition coefficient (Wildman–Crippen LogP) is 2.77. The number of carbonyl (C=O) groups excluding carboxylic acids is 2. The fourth-order valence-corrected chi connectivity index (χ4v) is 3.52. The van der Waals surface area contributed by atoms with Crippen LogP contribution in [0.2, 0.25) is 5.02 Å². The molecular weight excluding hydrogens is 392 g/mol. The molecule has 0 bridgehead atoms. The van der Waals surface area contributed by atoms with E-state index in [1.54, 1.807) is 34.9 Å². The number of amides is 1. The summed E-state index contributed by atoms with van der Waals surface area (Å²) in [5.41, 5.74) is 2.50. The number of aldehydes is 1. The quantitative estimate of drug-likeness (QED) is 0.654. The fourth-order valence-electron chi connectivity index (χ4n) is 3.34. The molecule has 7 nitrogen and oxygen atoms in total. The van der Waals surface area contributed by atoms with Crippen LogP contribution in [0.5, 0.6) is 5.75 Å². The number of aromatic nitrogens is 2. The van der Waals surface area contributed by atoms with Gasteiger partial charge in [-0.25, -0.2) is 4.68 Å². The summed E-state index contributed by atoms with van der Waals surface area (Å²) in [6.45, 7) is 0.618. The summed E-state index contributed by atoms with van der Waals surface area (Å²) < 4.78 is 7.18. The van der Waals surface area contributed by atoms with Crippen molar-refractivity contribution in [1.82, 2.24) is 20.0 Å². The molecule has 1 amide bonds. The van der Waals surface area contributed by atoms with Crippen LogP contribution in [0.3, 0.4) is 0 Å². The van der Waals surface area contributed by atoms with Crippen molar-refractivity contribution in [2.45, 2.75) is 6.04 Å². The third kappa shape index (κ3) is 3.74. The van der Waals surface area contributed by atoms with Crippen molar-refractivity contribution in [2.24, 2.45) is 0 Å². The van der Waals surface area contributed by atoms with Gasteiger partial charge in [0.1, 0.15) is 12.0 Å². The average molecular weight is 411 g/mol. The maximum atomic E-state index is 13.0. The second kappa shape index (κ2) is 8.06. The van der Waals surface area contributed by atoms with Crippen LogP contribution in [0.15, 0.2) is 54.6 Å². The molecule has 4 rings (SSSR count). The molecule has 1 aliphatic rings. The van der Waals surface area contributed by atoms with E-state index >= 15 is 0 Å². The standard InChI is InChI=1S/C21H19ClN4O3/c1-29-20-8-3-2-7-17(20)19-10-18(21(28)25-11-15(12-27)23-13-25)24-26(19)16-6-4-5-14(22)9-16/h2-10,12,15,23H,11,13H2,1H3. The molecule has 0 aliphatic carbocycles. The van der Waals surface area contributed by atoms with Crippen LogP contribution in [0, 0.1) is 0 Å². The van der Waals surface area contributed by atoms with Crippen LogP contribution in [-0.2, 0) is 4.79 Å². The van der Waals surface area contributed by atoms with Crippen molar-refractivity contribution < 1.29 is 14.3 Å². The normalized spacial score (nSPS) is 16.1. The van der Waals surface area contributed by atoms with Gasteiger partial charge >= 0.3 is 0 Å². The van der Waals surface area contributed by atoms with Gasteiger partial charge in [-0.1, -0.05) is 29.8 Å². The number of hydrogen-bond donors (Lipinski definition) is 1. The van der Waals surface area contributed by atoms with Gasteiger partial charge < -0.3 is 14.4 Å². The molecule has 3 aromatic rings. The number of nitrogens with one attached hydrogen (secondary N) is 1. The van der Waals surface area contributed by atoms with Gasteiger partial charge in [-0.3, -0.25) is 10.1 Å². The third-order valence-electron chi connectivity index (χ3n) is 4.78. The Kier molecular flexibility index (Phi) is 5.33. The number of carbonyl (C=O) groups is 2. The Morgan fingerprint density at radius 1 is 1.24 bits per heavy atom. The molecule has 1 aliphatic heterocycles. The molecular formula is C21H19ClN4O3. The van der Waals surface area contributed by atoms with Gasteiger partial charge in [-0.05, 0) is 36.4 Å². The predicted molar refractivity (Wildman–Crippen MR) is 109 cm³/mol. The highest BCUT2D eigenvalue weighted by Gasteiger charge is 2.28. The first-order chi connectivity index (χ1) is 14.1. The van der Waals surface area contributed by atoms with Crippen molar-refractivity contribution in [3.63, 3.8) is 0 Å². The molecule has 1 atom stereocenters. The highest BCUT2D eigenvalue weighted by molar-refractivity contribution is 6.30. The highest BCUT2D eigenvalue weighted by Crippen LogP contribution is 2.32. The van der Waals surface area contributed by atoms with Gasteiger partial charge in [-0.2, -0.15) is 5.10 Å². The number of halogens is 1. The lowest BCUT2D eigenvalue weighted by molar-refractivity contribution is -0.109. The summed E-state index contributed by atoms with van der Waals surface area (Å²) in [4.78, 5) is 25.6. The third-order valence-corrected chi connectivity index (χ3v) is 5.01. The SMILES string of the molecule is COc1ccccc1-c1cc(C(=O)N2CNC(C=O)C2)nn1-c1cccc(Cl)c1. The van der Waals surface area contributed by atoms with Crippen LogP contribution in [0.25, 0.3) is 16.9 Å². The Bertz CT molecular complexity index is 1070. The maximum absolute atomic E-state index is 13.0. The lowest BCUT2D eigenvalue weighted by Crippen LogP contribution is -2.30. The number of methoxy groups -OCH3 is 1. The Hall–Kier alpha value is -3.16. The molecule has 2 aromatic carbocycles. The fraction of sp³-hybridized carbons (Fsp3) is 0.190. The maximum Gasteiger partial charge on any atom is 0.275 e. The number of hydrogen-bond acceptors (Lipinski definition) is 5. The zero-order valence-electron chi connectivity index (χ0n) is 15.7. The molecule has 2 heterocycles. The highest BCUT2D eigenvalue weighted by atomic mass is 35.5. The van der Waals surface area contributed by atoms with Crippen LogP contribution < -0.4 is 10.1 Å². The van der Waals surface area contributed by atoms with Crippen LogP contribution >= 0.6 is 11.6 Å². The first-order valence-corrected chi connectivity index (χ1v) is 9.46. The van der Waals surface area contributed by atoms with Gasteiger partial charge in [0.25, 0.3) is 5.91 Å². The van der Waals surface area contributed by atoms with E-state index in [0.717, 1.165) is 17.5 Å². The van der Waals surface area contributed by atoms with E-state index in [1.807, 2.05) is 36.4 Å². The van der Waals surface area contributed by atoms with E-state index in [1.165, 1.54) is 0 Å². The molecule has 1 saturated heterocycles. The number of para-hydroxylation sites is 1. The van der Waals surface area contributed by atoms with Crippen molar-refractivity contribution in [2.75, 3.05) is 20.3 Å². The molecule has 8 heteroatoms. The number of rotatable bonds is 5. The zero-order chi connectivity index (χ0) is 20.4. The van der Waals surface area contributed by atoms with Crippen LogP contribution in [-0.4, -0.2) is 53.2 Å². The minimum absolute atomic E-state index is 0.251. The van der Waals surface area contributed by atoms with Gasteiger partial charge in [0.15, 0.2) is 5.69 Å². The molecule has 0 spiro atoms. The number of ether oxygens (including phenoxy) is 1. The number of nitrogens with zero attached hydrogens (tertiary/aromatic N) is 3. The zero-order valence-corrected chi connectivity index (χ0v) is 16.5. The van der Waals surface area contributed by atoms with Gasteiger partial charge in [0.05, 0.1) is 31.2 Å². The lowest BCUT2D eigenvalue weighted by Gasteiger charge is -2.12. The molecule has 1 aromatic heterocycles. The Morgan fingerprint density at radius 3 is 2.79 bits per heavy atom.